The molecule has 0 bridgehead atoms. The van der Waals surface area contributed by atoms with Gasteiger partial charge in [-0.2, -0.15) is 17.6 Å². The van der Waals surface area contributed by atoms with E-state index in [0.717, 1.165) is 0 Å². The van der Waals surface area contributed by atoms with Crippen LogP contribution in [0.25, 0.3) is 0 Å². The Kier molecular flexibility index (Phi) is 4.41. The van der Waals surface area contributed by atoms with Gasteiger partial charge in [0.1, 0.15) is 4.08 Å². The summed E-state index contributed by atoms with van der Waals surface area (Å²) >= 11 is 0.576. The van der Waals surface area contributed by atoms with Crippen LogP contribution in [0.3, 0.4) is 0 Å². The van der Waals surface area contributed by atoms with Crippen molar-refractivity contribution in [2.75, 3.05) is 11.5 Å². The third kappa shape index (κ3) is 2.40. The van der Waals surface area contributed by atoms with Gasteiger partial charge in [-0.05, 0) is 0 Å². The fourth-order valence-corrected chi connectivity index (χ4v) is 4.68. The molecule has 0 amide bonds. The fraction of sp³-hybridized carbons (Fsp3) is 0.875. The minimum Gasteiger partial charge on any atom is -0.481 e. The third-order valence-corrected chi connectivity index (χ3v) is 5.82. The van der Waals surface area contributed by atoms with Crippen molar-refractivity contribution in [1.82, 2.24) is 0 Å². The molecular weight excluding hydrogens is 306 g/mol. The Labute approximate surface area is 106 Å². The fourth-order valence-electron chi connectivity index (χ4n) is 1.44. The van der Waals surface area contributed by atoms with E-state index in [4.69, 9.17) is 5.11 Å². The third-order valence-electron chi connectivity index (χ3n) is 2.31. The Bertz CT molecular complexity index is 330. The lowest BCUT2D eigenvalue weighted by atomic mass is 10.1. The van der Waals surface area contributed by atoms with E-state index in [2.05, 4.69) is 0 Å². The van der Waals surface area contributed by atoms with E-state index in [9.17, 15) is 31.1 Å². The van der Waals surface area contributed by atoms with Crippen LogP contribution < -0.4 is 0 Å². The van der Waals surface area contributed by atoms with Crippen LogP contribution in [0.4, 0.5) is 26.3 Å². The minimum atomic E-state index is -5.56. The summed E-state index contributed by atoms with van der Waals surface area (Å²) in [6, 6.07) is 0. The van der Waals surface area contributed by atoms with E-state index in [1.54, 1.807) is 0 Å². The number of halogens is 6. The Morgan fingerprint density at radius 1 is 1.22 bits per heavy atom. The predicted molar refractivity (Wildman–Crippen MR) is 55.8 cm³/mol. The molecule has 106 valence electrons. The molecule has 10 heteroatoms. The van der Waals surface area contributed by atoms with Gasteiger partial charge in [0.2, 0.25) is 0 Å². The van der Waals surface area contributed by atoms with E-state index in [-0.39, 0.29) is 35.0 Å². The standard InChI is InChI=1S/C8H8F6O2S2/c9-5(10)7(11,12)8(13,14)6(3-4(15)16)17-1-2-18-6/h5H,1-3H2,(H,15,16). The van der Waals surface area contributed by atoms with Crippen LogP contribution in [0.1, 0.15) is 6.42 Å². The summed E-state index contributed by atoms with van der Waals surface area (Å²) in [7, 11) is 0. The van der Waals surface area contributed by atoms with Crippen molar-refractivity contribution in [1.29, 1.82) is 0 Å². The van der Waals surface area contributed by atoms with Crippen LogP contribution in [0.5, 0.6) is 0 Å². The second-order valence-corrected chi connectivity index (χ2v) is 6.56. The van der Waals surface area contributed by atoms with Crippen LogP contribution >= 0.6 is 23.5 Å². The second kappa shape index (κ2) is 5.03. The largest absolute Gasteiger partial charge is 0.481 e. The number of hydrogen-bond donors (Lipinski definition) is 1. The molecule has 1 heterocycles. The highest BCUT2D eigenvalue weighted by Gasteiger charge is 2.74. The number of carboxylic acid groups (broad SMARTS) is 1. The molecule has 0 aromatic heterocycles. The zero-order chi connectivity index (χ0) is 14.2. The molecule has 0 radical (unpaired) electrons. The molecule has 0 aliphatic carbocycles. The monoisotopic (exact) mass is 314 g/mol. The first-order valence-corrected chi connectivity index (χ1v) is 6.57. The topological polar surface area (TPSA) is 37.3 Å². The van der Waals surface area contributed by atoms with Crippen molar-refractivity contribution in [3.63, 3.8) is 0 Å². The number of carboxylic acids is 1. The molecule has 0 unspecified atom stereocenters. The van der Waals surface area contributed by atoms with Crippen LogP contribution in [0.2, 0.25) is 0 Å². The average molecular weight is 314 g/mol. The summed E-state index contributed by atoms with van der Waals surface area (Å²) in [5.74, 6) is -12.4. The van der Waals surface area contributed by atoms with Crippen LogP contribution in [0, 0.1) is 0 Å². The van der Waals surface area contributed by atoms with E-state index < -0.39 is 34.7 Å². The lowest BCUT2D eigenvalue weighted by Crippen LogP contribution is -2.58. The van der Waals surface area contributed by atoms with Gasteiger partial charge in [0.05, 0.1) is 6.42 Å². The highest BCUT2D eigenvalue weighted by atomic mass is 32.2. The summed E-state index contributed by atoms with van der Waals surface area (Å²) in [5.41, 5.74) is 0. The highest BCUT2D eigenvalue weighted by molar-refractivity contribution is 8.21. The lowest BCUT2D eigenvalue weighted by molar-refractivity contribution is -0.267. The highest BCUT2D eigenvalue weighted by Crippen LogP contribution is 2.61. The van der Waals surface area contributed by atoms with Crippen LogP contribution in [0.15, 0.2) is 0 Å². The Balaban J connectivity index is 3.15. The van der Waals surface area contributed by atoms with E-state index in [1.807, 2.05) is 0 Å². The molecule has 1 saturated heterocycles. The first-order valence-electron chi connectivity index (χ1n) is 4.60. The summed E-state index contributed by atoms with van der Waals surface area (Å²) in [6.07, 6.45) is -5.86. The summed E-state index contributed by atoms with van der Waals surface area (Å²) < 4.78 is 74.6. The van der Waals surface area contributed by atoms with Gasteiger partial charge in [-0.3, -0.25) is 4.79 Å². The maximum Gasteiger partial charge on any atom is 0.371 e. The molecule has 0 aromatic carbocycles. The van der Waals surface area contributed by atoms with E-state index in [1.165, 1.54) is 0 Å². The maximum absolute atomic E-state index is 13.6. The van der Waals surface area contributed by atoms with E-state index >= 15 is 0 Å². The molecule has 1 aliphatic rings. The quantitative estimate of drug-likeness (QED) is 0.791. The summed E-state index contributed by atoms with van der Waals surface area (Å²) in [5, 5.41) is 8.51. The molecule has 0 saturated carbocycles. The van der Waals surface area contributed by atoms with Crippen LogP contribution in [-0.2, 0) is 4.79 Å². The molecule has 1 rings (SSSR count). The maximum atomic E-state index is 13.6. The van der Waals surface area contributed by atoms with Gasteiger partial charge < -0.3 is 5.11 Å². The number of alkyl halides is 6. The number of aliphatic carboxylic acids is 1. The number of rotatable bonds is 5. The Morgan fingerprint density at radius 3 is 2.00 bits per heavy atom. The molecule has 1 N–H and O–H groups in total. The second-order valence-electron chi connectivity index (χ2n) is 3.52. The smallest absolute Gasteiger partial charge is 0.371 e. The SMILES string of the molecule is O=C(O)CC1(C(F)(F)C(F)(F)C(F)F)SCCS1. The van der Waals surface area contributed by atoms with Crippen molar-refractivity contribution >= 4 is 29.5 Å². The van der Waals surface area contributed by atoms with Gasteiger partial charge in [0.25, 0.3) is 0 Å². The first-order chi connectivity index (χ1) is 8.07. The molecule has 18 heavy (non-hydrogen) atoms. The molecule has 1 aliphatic heterocycles. The lowest BCUT2D eigenvalue weighted by Gasteiger charge is -2.38. The molecular formula is C8H8F6O2S2. The first kappa shape index (κ1) is 15.8. The summed E-state index contributed by atoms with van der Waals surface area (Å²) in [6.45, 7) is 0. The van der Waals surface area contributed by atoms with Crippen molar-refractivity contribution in [3.8, 4) is 0 Å². The molecule has 0 aromatic rings. The van der Waals surface area contributed by atoms with Gasteiger partial charge in [0.15, 0.2) is 0 Å². The molecule has 1 fully saturated rings. The van der Waals surface area contributed by atoms with E-state index in [0.29, 0.717) is 0 Å². The molecule has 2 nitrogen and oxygen atoms in total. The Morgan fingerprint density at radius 2 is 1.67 bits per heavy atom. The van der Waals surface area contributed by atoms with Crippen molar-refractivity contribution in [2.24, 2.45) is 0 Å². The molecule has 0 atom stereocenters. The summed E-state index contributed by atoms with van der Waals surface area (Å²) in [4.78, 5) is 10.5. The zero-order valence-corrected chi connectivity index (χ0v) is 10.3. The van der Waals surface area contributed by atoms with Crippen molar-refractivity contribution in [2.45, 2.75) is 28.8 Å². The predicted octanol–water partition coefficient (Wildman–Crippen LogP) is 3.17. The average Bonchev–Trinajstić information content (AvgIpc) is 2.66. The van der Waals surface area contributed by atoms with Crippen molar-refractivity contribution in [3.05, 3.63) is 0 Å². The number of hydrogen-bond acceptors (Lipinski definition) is 3. The van der Waals surface area contributed by atoms with Crippen molar-refractivity contribution < 1.29 is 36.2 Å². The Hall–Kier alpha value is -0.250. The van der Waals surface area contributed by atoms with Gasteiger partial charge in [-0.25, -0.2) is 8.78 Å². The molecule has 0 spiro atoms. The van der Waals surface area contributed by atoms with Gasteiger partial charge in [-0.1, -0.05) is 0 Å². The van der Waals surface area contributed by atoms with Gasteiger partial charge >= 0.3 is 24.2 Å². The number of thioether (sulfide) groups is 2. The minimum absolute atomic E-state index is 0.00680. The number of carbonyl (C=O) groups is 1. The zero-order valence-electron chi connectivity index (χ0n) is 8.64. The van der Waals surface area contributed by atoms with Gasteiger partial charge in [-0.15, -0.1) is 23.5 Å². The van der Waals surface area contributed by atoms with Gasteiger partial charge in [0, 0.05) is 11.5 Å². The normalized spacial score (nSPS) is 20.4. The van der Waals surface area contributed by atoms with Crippen LogP contribution in [-0.4, -0.2) is 44.9 Å².